The van der Waals surface area contributed by atoms with Crippen LogP contribution in [0.2, 0.25) is 10.0 Å². The van der Waals surface area contributed by atoms with Crippen LogP contribution in [-0.2, 0) is 0 Å². The van der Waals surface area contributed by atoms with Gasteiger partial charge in [-0.1, -0.05) is 42.6 Å². The molecule has 0 aromatic heterocycles. The molecule has 0 fully saturated rings. The van der Waals surface area contributed by atoms with Crippen LogP contribution < -0.4 is 20.6 Å². The minimum Gasteiger partial charge on any atom is -0.453 e. The third kappa shape index (κ3) is 3.31. The molecule has 1 N–H and O–H groups in total. The van der Waals surface area contributed by atoms with Crippen molar-refractivity contribution in [1.29, 1.82) is 0 Å². The van der Waals surface area contributed by atoms with Crippen molar-refractivity contribution in [3.05, 3.63) is 44.9 Å². The molecule has 0 unspecified atom stereocenters. The molecular formula is C18H18Cl2N2O. The van der Waals surface area contributed by atoms with Gasteiger partial charge in [0.05, 0.1) is 10.7 Å². The average Bonchev–Trinajstić information content (AvgIpc) is 2.52. The Morgan fingerprint density at radius 3 is 2.65 bits per heavy atom. The first-order valence-electron chi connectivity index (χ1n) is 7.76. The highest BCUT2D eigenvalue weighted by molar-refractivity contribution is 6.33. The zero-order valence-corrected chi connectivity index (χ0v) is 14.6. The Kier molecular flexibility index (Phi) is 4.79. The Morgan fingerprint density at radius 2 is 1.91 bits per heavy atom. The molecule has 1 aliphatic heterocycles. The first-order chi connectivity index (χ1) is 11.1. The van der Waals surface area contributed by atoms with E-state index in [1.807, 2.05) is 31.2 Å². The van der Waals surface area contributed by atoms with Crippen molar-refractivity contribution in [1.82, 2.24) is 0 Å². The van der Waals surface area contributed by atoms with E-state index in [9.17, 15) is 0 Å². The Bertz CT molecular complexity index is 862. The summed E-state index contributed by atoms with van der Waals surface area (Å²) in [5.74, 6) is 1.41. The molecule has 1 aliphatic rings. The van der Waals surface area contributed by atoms with E-state index in [4.69, 9.17) is 27.9 Å². The normalized spacial score (nSPS) is 13.0. The molecule has 0 spiro atoms. The van der Waals surface area contributed by atoms with Gasteiger partial charge in [-0.2, -0.15) is 0 Å². The highest BCUT2D eigenvalue weighted by Crippen LogP contribution is 2.39. The van der Waals surface area contributed by atoms with E-state index in [0.29, 0.717) is 27.2 Å². The van der Waals surface area contributed by atoms with Crippen LogP contribution in [-0.4, -0.2) is 6.54 Å². The summed E-state index contributed by atoms with van der Waals surface area (Å²) in [6, 6.07) is 7.48. The van der Waals surface area contributed by atoms with E-state index < -0.39 is 0 Å². The second-order valence-electron chi connectivity index (χ2n) is 5.38. The van der Waals surface area contributed by atoms with Crippen molar-refractivity contribution in [3.8, 4) is 11.5 Å². The van der Waals surface area contributed by atoms with Crippen LogP contribution >= 0.6 is 23.2 Å². The van der Waals surface area contributed by atoms with Gasteiger partial charge in [0.2, 0.25) is 0 Å². The molecule has 0 bridgehead atoms. The van der Waals surface area contributed by atoms with Gasteiger partial charge in [0, 0.05) is 17.6 Å². The number of ether oxygens (including phenoxy) is 1. The third-order valence-electron chi connectivity index (χ3n) is 3.61. The van der Waals surface area contributed by atoms with Crippen molar-refractivity contribution in [3.63, 3.8) is 0 Å². The lowest BCUT2D eigenvalue weighted by Gasteiger charge is -2.17. The van der Waals surface area contributed by atoms with Gasteiger partial charge in [0.15, 0.2) is 11.5 Å². The maximum absolute atomic E-state index is 6.34. The maximum atomic E-state index is 6.34. The molecule has 0 aliphatic carbocycles. The number of fused-ring (bicyclic) bond motifs is 2. The van der Waals surface area contributed by atoms with E-state index in [-0.39, 0.29) is 0 Å². The van der Waals surface area contributed by atoms with Gasteiger partial charge in [-0.15, -0.1) is 0 Å². The quantitative estimate of drug-likeness (QED) is 0.714. The summed E-state index contributed by atoms with van der Waals surface area (Å²) in [7, 11) is 0. The molecule has 120 valence electrons. The van der Waals surface area contributed by atoms with Crippen LogP contribution in [0.25, 0.3) is 6.08 Å². The highest BCUT2D eigenvalue weighted by Gasteiger charge is 2.16. The lowest BCUT2D eigenvalue weighted by Crippen LogP contribution is -2.16. The predicted octanol–water partition coefficient (Wildman–Crippen LogP) is 5.06. The second kappa shape index (κ2) is 6.81. The number of hydrogen-bond donors (Lipinski definition) is 1. The van der Waals surface area contributed by atoms with Gasteiger partial charge in [0.25, 0.3) is 0 Å². The SMILES string of the molecule is CCC/C=c1/cc2c(cc1Cl)=Nc1cc(Cl)c(NCC)cc1O2. The number of anilines is 1. The van der Waals surface area contributed by atoms with Gasteiger partial charge < -0.3 is 10.1 Å². The van der Waals surface area contributed by atoms with E-state index >= 15 is 0 Å². The molecular weight excluding hydrogens is 331 g/mol. The minimum atomic E-state index is 0.625. The van der Waals surface area contributed by atoms with Gasteiger partial charge in [-0.3, -0.25) is 0 Å². The molecule has 0 saturated heterocycles. The summed E-state index contributed by atoms with van der Waals surface area (Å²) >= 11 is 12.6. The molecule has 0 radical (unpaired) electrons. The fourth-order valence-corrected chi connectivity index (χ4v) is 2.93. The Morgan fingerprint density at radius 1 is 1.09 bits per heavy atom. The lowest BCUT2D eigenvalue weighted by atomic mass is 10.2. The fourth-order valence-electron chi connectivity index (χ4n) is 2.47. The summed E-state index contributed by atoms with van der Waals surface area (Å²) < 4.78 is 6.02. The molecule has 0 amide bonds. The maximum Gasteiger partial charge on any atom is 0.155 e. The summed E-state index contributed by atoms with van der Waals surface area (Å²) in [4.78, 5) is 4.62. The van der Waals surface area contributed by atoms with Crippen molar-refractivity contribution in [2.24, 2.45) is 4.99 Å². The minimum absolute atomic E-state index is 0.625. The largest absolute Gasteiger partial charge is 0.453 e. The van der Waals surface area contributed by atoms with Crippen molar-refractivity contribution >= 4 is 40.7 Å². The third-order valence-corrected chi connectivity index (χ3v) is 4.25. The van der Waals surface area contributed by atoms with Crippen molar-refractivity contribution in [2.45, 2.75) is 26.7 Å². The summed E-state index contributed by atoms with van der Waals surface area (Å²) in [6.07, 6.45) is 4.17. The second-order valence-corrected chi connectivity index (χ2v) is 6.19. The summed E-state index contributed by atoms with van der Waals surface area (Å²) in [5.41, 5.74) is 1.56. The molecule has 2 aromatic rings. The Hall–Kier alpha value is -1.71. The topological polar surface area (TPSA) is 33.6 Å². The first-order valence-corrected chi connectivity index (χ1v) is 8.51. The predicted molar refractivity (Wildman–Crippen MR) is 97.0 cm³/mol. The smallest absolute Gasteiger partial charge is 0.155 e. The summed E-state index contributed by atoms with van der Waals surface area (Å²) in [6.45, 7) is 4.95. The van der Waals surface area contributed by atoms with Crippen LogP contribution in [0.15, 0.2) is 29.3 Å². The first kappa shape index (κ1) is 16.2. The molecule has 5 heteroatoms. The van der Waals surface area contributed by atoms with E-state index in [0.717, 1.165) is 35.6 Å². The van der Waals surface area contributed by atoms with Gasteiger partial charge in [-0.25, -0.2) is 4.99 Å². The highest BCUT2D eigenvalue weighted by atomic mass is 35.5. The zero-order valence-electron chi connectivity index (χ0n) is 13.1. The molecule has 3 nitrogen and oxygen atoms in total. The number of rotatable bonds is 4. The van der Waals surface area contributed by atoms with E-state index in [2.05, 4.69) is 23.3 Å². The van der Waals surface area contributed by atoms with Gasteiger partial charge in [0.1, 0.15) is 11.0 Å². The van der Waals surface area contributed by atoms with Crippen molar-refractivity contribution < 1.29 is 4.74 Å². The molecule has 1 heterocycles. The van der Waals surface area contributed by atoms with Crippen LogP contribution in [0.3, 0.4) is 0 Å². The van der Waals surface area contributed by atoms with Gasteiger partial charge in [-0.05, 0) is 36.8 Å². The van der Waals surface area contributed by atoms with Gasteiger partial charge >= 0.3 is 0 Å². The number of nitrogens with one attached hydrogen (secondary N) is 1. The molecule has 2 aromatic carbocycles. The van der Waals surface area contributed by atoms with Crippen LogP contribution in [0.1, 0.15) is 26.7 Å². The van der Waals surface area contributed by atoms with Crippen molar-refractivity contribution in [2.75, 3.05) is 11.9 Å². The van der Waals surface area contributed by atoms with E-state index in [1.54, 1.807) is 0 Å². The van der Waals surface area contributed by atoms with Crippen LogP contribution in [0, 0.1) is 0 Å². The monoisotopic (exact) mass is 348 g/mol. The molecule has 0 saturated carbocycles. The Balaban J connectivity index is 2.11. The molecule has 23 heavy (non-hydrogen) atoms. The van der Waals surface area contributed by atoms with Crippen LogP contribution in [0.4, 0.5) is 11.4 Å². The van der Waals surface area contributed by atoms with E-state index in [1.165, 1.54) is 0 Å². The number of benzene rings is 2. The Labute approximate surface area is 145 Å². The fraction of sp³-hybridized carbons (Fsp3) is 0.278. The summed E-state index contributed by atoms with van der Waals surface area (Å²) in [5, 5.41) is 6.23. The number of halogens is 2. The lowest BCUT2D eigenvalue weighted by molar-refractivity contribution is 0.470. The number of unbranched alkanes of at least 4 members (excludes halogenated alkanes) is 1. The number of hydrogen-bond acceptors (Lipinski definition) is 3. The average molecular weight is 349 g/mol. The standard InChI is InChI=1S/C18H18Cl2N2O/c1-3-5-6-11-7-17-15(8-12(11)19)22-16-9-13(20)14(21-4-2)10-18(16)23-17/h6-10,21H,3-5H2,1-2H3/b11-6-. The molecule has 3 rings (SSSR count). The number of nitrogens with zero attached hydrogens (tertiary/aromatic N) is 1. The molecule has 0 atom stereocenters. The van der Waals surface area contributed by atoms with Crippen LogP contribution in [0.5, 0.6) is 11.5 Å². The zero-order chi connectivity index (χ0) is 16.4.